The molecule has 0 aromatic carbocycles. The summed E-state index contributed by atoms with van der Waals surface area (Å²) in [6.07, 6.45) is 3.38. The van der Waals surface area contributed by atoms with Crippen molar-refractivity contribution in [1.82, 2.24) is 0 Å². The lowest BCUT2D eigenvalue weighted by atomic mass is 9.73. The fraction of sp³-hybridized carbons (Fsp3) is 0.692. The third kappa shape index (κ3) is 2.88. The molecule has 16 heavy (non-hydrogen) atoms. The highest BCUT2D eigenvalue weighted by Gasteiger charge is 2.30. The summed E-state index contributed by atoms with van der Waals surface area (Å²) in [5.41, 5.74) is 1.09. The first-order chi connectivity index (χ1) is 7.56. The van der Waals surface area contributed by atoms with E-state index in [0.717, 1.165) is 21.2 Å². The maximum absolute atomic E-state index is 10.4. The zero-order valence-corrected chi connectivity index (χ0v) is 12.2. The van der Waals surface area contributed by atoms with Crippen LogP contribution in [0.4, 0.5) is 0 Å². The average Bonchev–Trinajstić information content (AvgIpc) is 2.62. The first-order valence-corrected chi connectivity index (χ1v) is 7.65. The predicted molar refractivity (Wildman–Crippen MR) is 72.6 cm³/mol. The van der Waals surface area contributed by atoms with Gasteiger partial charge < -0.3 is 5.11 Å². The van der Waals surface area contributed by atoms with Gasteiger partial charge in [0.1, 0.15) is 0 Å². The minimum atomic E-state index is -0.271. The molecular weight excluding hydrogens is 284 g/mol. The molecule has 1 N–H and O–H groups in total. The summed E-state index contributed by atoms with van der Waals surface area (Å²) in [5, 5.41) is 12.4. The summed E-state index contributed by atoms with van der Waals surface area (Å²) in [5.74, 6) is 1.95. The minimum absolute atomic E-state index is 0.271. The lowest BCUT2D eigenvalue weighted by molar-refractivity contribution is 0.0554. The van der Waals surface area contributed by atoms with Crippen LogP contribution >= 0.6 is 27.3 Å². The van der Waals surface area contributed by atoms with Gasteiger partial charge in [-0.25, -0.2) is 0 Å². The molecule has 0 bridgehead atoms. The maximum Gasteiger partial charge on any atom is 0.0826 e. The van der Waals surface area contributed by atoms with Gasteiger partial charge in [-0.1, -0.05) is 13.8 Å². The zero-order chi connectivity index (χ0) is 11.7. The van der Waals surface area contributed by atoms with Gasteiger partial charge in [-0.2, -0.15) is 0 Å². The number of aliphatic hydroxyl groups excluding tert-OH is 1. The van der Waals surface area contributed by atoms with E-state index in [2.05, 4.69) is 41.2 Å². The van der Waals surface area contributed by atoms with Crippen LogP contribution in [0.5, 0.6) is 0 Å². The van der Waals surface area contributed by atoms with Crippen molar-refractivity contribution in [3.05, 3.63) is 20.8 Å². The average molecular weight is 303 g/mol. The van der Waals surface area contributed by atoms with E-state index in [9.17, 15) is 5.11 Å². The summed E-state index contributed by atoms with van der Waals surface area (Å²) in [4.78, 5) is 0. The summed E-state index contributed by atoms with van der Waals surface area (Å²) < 4.78 is 1.11. The van der Waals surface area contributed by atoms with E-state index in [4.69, 9.17) is 0 Å². The minimum Gasteiger partial charge on any atom is -0.388 e. The van der Waals surface area contributed by atoms with E-state index in [1.807, 2.05) is 0 Å². The normalized spacial score (nSPS) is 32.6. The molecule has 3 unspecified atom stereocenters. The quantitative estimate of drug-likeness (QED) is 0.845. The van der Waals surface area contributed by atoms with Crippen molar-refractivity contribution >= 4 is 27.3 Å². The molecule has 1 aromatic heterocycles. The Kier molecular flexibility index (Phi) is 4.09. The second-order valence-corrected chi connectivity index (χ2v) is 7.60. The summed E-state index contributed by atoms with van der Waals surface area (Å²) in [6, 6.07) is 2.05. The van der Waals surface area contributed by atoms with Crippen LogP contribution in [0.2, 0.25) is 0 Å². The largest absolute Gasteiger partial charge is 0.388 e. The van der Waals surface area contributed by atoms with Gasteiger partial charge >= 0.3 is 0 Å². The molecule has 1 fully saturated rings. The van der Waals surface area contributed by atoms with Crippen molar-refractivity contribution in [1.29, 1.82) is 0 Å². The van der Waals surface area contributed by atoms with E-state index in [1.165, 1.54) is 19.3 Å². The molecular formula is C13H19BrOS. The van der Waals surface area contributed by atoms with Gasteiger partial charge in [-0.05, 0) is 70.0 Å². The third-order valence-electron chi connectivity index (χ3n) is 3.59. The Balaban J connectivity index is 2.06. The van der Waals surface area contributed by atoms with Crippen molar-refractivity contribution in [2.75, 3.05) is 0 Å². The third-order valence-corrected chi connectivity index (χ3v) is 5.11. The van der Waals surface area contributed by atoms with Crippen LogP contribution in [-0.4, -0.2) is 5.11 Å². The summed E-state index contributed by atoms with van der Waals surface area (Å²) in [6.45, 7) is 4.61. The first kappa shape index (κ1) is 12.6. The Labute approximate surface area is 110 Å². The number of halogens is 1. The van der Waals surface area contributed by atoms with Crippen LogP contribution in [0.3, 0.4) is 0 Å². The highest BCUT2D eigenvalue weighted by Crippen LogP contribution is 2.41. The van der Waals surface area contributed by atoms with Crippen molar-refractivity contribution in [3.63, 3.8) is 0 Å². The second-order valence-electron chi connectivity index (χ2n) is 5.31. The Morgan fingerprint density at radius 2 is 1.94 bits per heavy atom. The zero-order valence-electron chi connectivity index (χ0n) is 9.82. The highest BCUT2D eigenvalue weighted by atomic mass is 79.9. The van der Waals surface area contributed by atoms with Gasteiger partial charge in [-0.3, -0.25) is 0 Å². The van der Waals surface area contributed by atoms with Gasteiger partial charge in [0.05, 0.1) is 9.89 Å². The summed E-state index contributed by atoms with van der Waals surface area (Å²) >= 11 is 5.11. The van der Waals surface area contributed by atoms with Gasteiger partial charge in [0.15, 0.2) is 0 Å². The van der Waals surface area contributed by atoms with E-state index in [0.29, 0.717) is 5.92 Å². The number of thiophene rings is 1. The lowest BCUT2D eigenvalue weighted by Gasteiger charge is -2.34. The SMILES string of the molecule is CC1CC(C)CC(C(O)c2csc(Br)c2)C1. The molecule has 0 saturated heterocycles. The van der Waals surface area contributed by atoms with Crippen LogP contribution in [0.15, 0.2) is 15.2 Å². The van der Waals surface area contributed by atoms with Crippen molar-refractivity contribution in [2.45, 2.75) is 39.2 Å². The number of aliphatic hydroxyl groups is 1. The Bertz CT molecular complexity index is 339. The molecule has 1 aliphatic rings. The molecule has 1 aliphatic carbocycles. The Morgan fingerprint density at radius 1 is 1.31 bits per heavy atom. The molecule has 0 spiro atoms. The smallest absolute Gasteiger partial charge is 0.0826 e. The molecule has 1 saturated carbocycles. The van der Waals surface area contributed by atoms with E-state index < -0.39 is 0 Å². The van der Waals surface area contributed by atoms with E-state index >= 15 is 0 Å². The molecule has 0 amide bonds. The van der Waals surface area contributed by atoms with Gasteiger partial charge in [0.2, 0.25) is 0 Å². The number of hydrogen-bond acceptors (Lipinski definition) is 2. The Hall–Kier alpha value is 0.140. The van der Waals surface area contributed by atoms with Crippen LogP contribution < -0.4 is 0 Å². The fourth-order valence-electron chi connectivity index (χ4n) is 3.02. The topological polar surface area (TPSA) is 20.2 Å². The van der Waals surface area contributed by atoms with Crippen LogP contribution in [0.1, 0.15) is 44.8 Å². The van der Waals surface area contributed by atoms with Crippen molar-refractivity contribution < 1.29 is 5.11 Å². The van der Waals surface area contributed by atoms with Gasteiger partial charge in [0, 0.05) is 0 Å². The maximum atomic E-state index is 10.4. The highest BCUT2D eigenvalue weighted by molar-refractivity contribution is 9.11. The predicted octanol–water partition coefficient (Wildman–Crippen LogP) is 4.62. The number of rotatable bonds is 2. The van der Waals surface area contributed by atoms with E-state index in [-0.39, 0.29) is 6.10 Å². The summed E-state index contributed by atoms with van der Waals surface area (Å²) in [7, 11) is 0. The van der Waals surface area contributed by atoms with Crippen LogP contribution in [-0.2, 0) is 0 Å². The molecule has 3 atom stereocenters. The van der Waals surface area contributed by atoms with Crippen molar-refractivity contribution in [2.24, 2.45) is 17.8 Å². The van der Waals surface area contributed by atoms with E-state index in [1.54, 1.807) is 11.3 Å². The Morgan fingerprint density at radius 3 is 2.44 bits per heavy atom. The monoisotopic (exact) mass is 302 g/mol. The van der Waals surface area contributed by atoms with Crippen LogP contribution in [0, 0.1) is 17.8 Å². The molecule has 1 heterocycles. The fourth-order valence-corrected chi connectivity index (χ4v) is 4.22. The first-order valence-electron chi connectivity index (χ1n) is 5.98. The lowest BCUT2D eigenvalue weighted by Crippen LogP contribution is -2.24. The molecule has 2 rings (SSSR count). The molecule has 90 valence electrons. The molecule has 0 radical (unpaired) electrons. The second kappa shape index (κ2) is 5.19. The van der Waals surface area contributed by atoms with Gasteiger partial charge in [-0.15, -0.1) is 11.3 Å². The van der Waals surface area contributed by atoms with Gasteiger partial charge in [0.25, 0.3) is 0 Å². The molecule has 1 aromatic rings. The molecule has 1 nitrogen and oxygen atoms in total. The standard InChI is InChI=1S/C13H19BrOS/c1-8-3-9(2)5-10(4-8)13(15)11-6-12(14)16-7-11/h6-10,13,15H,3-5H2,1-2H3. The molecule has 0 aliphatic heterocycles. The van der Waals surface area contributed by atoms with Crippen molar-refractivity contribution in [3.8, 4) is 0 Å². The number of hydrogen-bond donors (Lipinski definition) is 1. The van der Waals surface area contributed by atoms with Crippen LogP contribution in [0.25, 0.3) is 0 Å². The molecule has 3 heteroatoms.